The predicted octanol–water partition coefficient (Wildman–Crippen LogP) is 3.34. The molecule has 1 unspecified atom stereocenters. The number of nitrogens with zero attached hydrogens (tertiary/aromatic N) is 7. The average molecular weight is 450 g/mol. The van der Waals surface area contributed by atoms with Gasteiger partial charge in [-0.25, -0.2) is 9.97 Å². The topological polar surface area (TPSA) is 90.9 Å². The molecule has 1 amide bonds. The van der Waals surface area contributed by atoms with Crippen LogP contribution >= 0.6 is 11.6 Å². The molecule has 0 spiro atoms. The van der Waals surface area contributed by atoms with E-state index in [4.69, 9.17) is 16.6 Å². The number of carbonyl (C=O) groups is 1. The third-order valence-electron chi connectivity index (χ3n) is 5.62. The number of amides is 1. The van der Waals surface area contributed by atoms with Gasteiger partial charge in [0.1, 0.15) is 12.6 Å². The van der Waals surface area contributed by atoms with E-state index < -0.39 is 0 Å². The number of piperidine rings is 1. The van der Waals surface area contributed by atoms with E-state index in [0.717, 1.165) is 36.2 Å². The first-order chi connectivity index (χ1) is 15.5. The van der Waals surface area contributed by atoms with Gasteiger partial charge in [-0.2, -0.15) is 10.4 Å². The van der Waals surface area contributed by atoms with E-state index in [1.54, 1.807) is 35.4 Å². The molecule has 1 aromatic carbocycles. The molecular formula is C23H24ClN7O. The molecule has 0 aliphatic carbocycles. The van der Waals surface area contributed by atoms with Crippen molar-refractivity contribution < 1.29 is 4.79 Å². The molecule has 1 aliphatic rings. The smallest absolute Gasteiger partial charge is 0.244 e. The molecule has 0 bridgehead atoms. The standard InChI is InChI=1S/C23H24ClN7O/c1-29(2)23-26-13-19(16-6-7-20(24)18(11-16)12-25)22(28-23)17-5-3-9-30(14-17)21(32)15-31-10-4-8-27-31/h4,6-8,10-11,13,17H,3,5,9,14-15H2,1-2H3. The lowest BCUT2D eigenvalue weighted by atomic mass is 9.89. The third kappa shape index (κ3) is 4.58. The zero-order chi connectivity index (χ0) is 22.7. The van der Waals surface area contributed by atoms with Crippen LogP contribution in [0.5, 0.6) is 0 Å². The van der Waals surface area contributed by atoms with E-state index in [2.05, 4.69) is 16.2 Å². The second kappa shape index (κ2) is 9.37. The fraction of sp³-hybridized carbons (Fsp3) is 0.348. The van der Waals surface area contributed by atoms with E-state index in [0.29, 0.717) is 23.1 Å². The van der Waals surface area contributed by atoms with Gasteiger partial charge in [0.2, 0.25) is 11.9 Å². The van der Waals surface area contributed by atoms with E-state index in [-0.39, 0.29) is 18.4 Å². The number of nitriles is 1. The van der Waals surface area contributed by atoms with Crippen LogP contribution in [0.15, 0.2) is 42.9 Å². The highest BCUT2D eigenvalue weighted by Crippen LogP contribution is 2.35. The number of aromatic nitrogens is 4. The van der Waals surface area contributed by atoms with Crippen LogP contribution in [0.25, 0.3) is 11.1 Å². The molecule has 4 rings (SSSR count). The van der Waals surface area contributed by atoms with Crippen LogP contribution in [-0.4, -0.2) is 57.7 Å². The van der Waals surface area contributed by atoms with Gasteiger partial charge in [0, 0.05) is 57.3 Å². The Kier molecular flexibility index (Phi) is 6.37. The Morgan fingerprint density at radius 2 is 2.22 bits per heavy atom. The van der Waals surface area contributed by atoms with Gasteiger partial charge in [0.25, 0.3) is 0 Å². The molecule has 3 heterocycles. The Morgan fingerprint density at radius 3 is 2.94 bits per heavy atom. The maximum atomic E-state index is 12.9. The molecule has 1 saturated heterocycles. The molecule has 1 atom stereocenters. The predicted molar refractivity (Wildman–Crippen MR) is 122 cm³/mol. The molecule has 0 saturated carbocycles. The zero-order valence-corrected chi connectivity index (χ0v) is 18.8. The van der Waals surface area contributed by atoms with Gasteiger partial charge < -0.3 is 9.80 Å². The second-order valence-electron chi connectivity index (χ2n) is 8.05. The molecule has 164 valence electrons. The summed E-state index contributed by atoms with van der Waals surface area (Å²) in [5.74, 6) is 0.710. The number of anilines is 1. The third-order valence-corrected chi connectivity index (χ3v) is 5.95. The van der Waals surface area contributed by atoms with Gasteiger partial charge in [-0.1, -0.05) is 17.7 Å². The Labute approximate surface area is 192 Å². The Bertz CT molecular complexity index is 1150. The number of hydrogen-bond acceptors (Lipinski definition) is 6. The number of hydrogen-bond donors (Lipinski definition) is 0. The SMILES string of the molecule is CN(C)c1ncc(-c2ccc(Cl)c(C#N)c2)c(C2CCCN(C(=O)Cn3cccn3)C2)n1. The van der Waals surface area contributed by atoms with E-state index in [1.165, 1.54) is 0 Å². The number of likely N-dealkylation sites (tertiary alicyclic amines) is 1. The van der Waals surface area contributed by atoms with E-state index >= 15 is 0 Å². The van der Waals surface area contributed by atoms with E-state index in [9.17, 15) is 10.1 Å². The molecule has 8 nitrogen and oxygen atoms in total. The Morgan fingerprint density at radius 1 is 1.38 bits per heavy atom. The quantitative estimate of drug-likeness (QED) is 0.593. The van der Waals surface area contributed by atoms with Crippen molar-refractivity contribution in [2.75, 3.05) is 32.1 Å². The molecule has 9 heteroatoms. The van der Waals surface area contributed by atoms with Crippen molar-refractivity contribution in [3.8, 4) is 17.2 Å². The Hall–Kier alpha value is -3.44. The lowest BCUT2D eigenvalue weighted by molar-refractivity contribution is -0.133. The van der Waals surface area contributed by atoms with Crippen LogP contribution in [0, 0.1) is 11.3 Å². The maximum absolute atomic E-state index is 12.9. The van der Waals surface area contributed by atoms with Crippen LogP contribution in [0.2, 0.25) is 5.02 Å². The van der Waals surface area contributed by atoms with Crippen LogP contribution in [0.3, 0.4) is 0 Å². The summed E-state index contributed by atoms with van der Waals surface area (Å²) in [6.45, 7) is 1.52. The summed E-state index contributed by atoms with van der Waals surface area (Å²) >= 11 is 6.14. The van der Waals surface area contributed by atoms with Crippen LogP contribution in [0.4, 0.5) is 5.95 Å². The van der Waals surface area contributed by atoms with Crippen molar-refractivity contribution in [1.82, 2.24) is 24.6 Å². The summed E-state index contributed by atoms with van der Waals surface area (Å²) in [5, 5.41) is 14.0. The lowest BCUT2D eigenvalue weighted by Crippen LogP contribution is -2.41. The van der Waals surface area contributed by atoms with Crippen LogP contribution in [0.1, 0.15) is 30.0 Å². The first kappa shape index (κ1) is 21.8. The Balaban J connectivity index is 1.67. The highest BCUT2D eigenvalue weighted by atomic mass is 35.5. The number of benzene rings is 1. The van der Waals surface area contributed by atoms with Gasteiger partial charge in [-0.15, -0.1) is 0 Å². The summed E-state index contributed by atoms with van der Waals surface area (Å²) in [6.07, 6.45) is 7.07. The van der Waals surface area contributed by atoms with Gasteiger partial charge in [0.15, 0.2) is 0 Å². The fourth-order valence-corrected chi connectivity index (χ4v) is 4.13. The fourth-order valence-electron chi connectivity index (χ4n) is 3.97. The van der Waals surface area contributed by atoms with Crippen molar-refractivity contribution in [1.29, 1.82) is 5.26 Å². The molecule has 3 aromatic rings. The van der Waals surface area contributed by atoms with Crippen LogP contribution < -0.4 is 4.90 Å². The molecule has 0 N–H and O–H groups in total. The summed E-state index contributed by atoms with van der Waals surface area (Å²) in [5.41, 5.74) is 2.99. The van der Waals surface area contributed by atoms with Crippen molar-refractivity contribution >= 4 is 23.5 Å². The monoisotopic (exact) mass is 449 g/mol. The maximum Gasteiger partial charge on any atom is 0.244 e. The highest BCUT2D eigenvalue weighted by molar-refractivity contribution is 6.31. The lowest BCUT2D eigenvalue weighted by Gasteiger charge is -2.33. The van der Waals surface area contributed by atoms with Gasteiger partial charge in [-0.05, 0) is 36.6 Å². The molecule has 0 radical (unpaired) electrons. The first-order valence-electron chi connectivity index (χ1n) is 10.5. The summed E-state index contributed by atoms with van der Waals surface area (Å²) in [6, 6.07) is 9.31. The largest absolute Gasteiger partial charge is 0.347 e. The number of rotatable bonds is 5. The second-order valence-corrected chi connectivity index (χ2v) is 8.46. The number of halogens is 1. The summed E-state index contributed by atoms with van der Waals surface area (Å²) in [4.78, 5) is 26.0. The molecule has 32 heavy (non-hydrogen) atoms. The van der Waals surface area contributed by atoms with Crippen molar-refractivity contribution in [2.24, 2.45) is 0 Å². The van der Waals surface area contributed by atoms with Crippen molar-refractivity contribution in [3.05, 3.63) is 59.1 Å². The minimum absolute atomic E-state index is 0.0418. The molecule has 2 aromatic heterocycles. The molecular weight excluding hydrogens is 426 g/mol. The molecule has 1 aliphatic heterocycles. The number of carbonyl (C=O) groups excluding carboxylic acids is 1. The summed E-state index contributed by atoms with van der Waals surface area (Å²) in [7, 11) is 3.80. The average Bonchev–Trinajstić information content (AvgIpc) is 3.32. The minimum atomic E-state index is 0.0418. The van der Waals surface area contributed by atoms with Crippen molar-refractivity contribution in [2.45, 2.75) is 25.3 Å². The molecule has 1 fully saturated rings. The minimum Gasteiger partial charge on any atom is -0.347 e. The first-order valence-corrected chi connectivity index (χ1v) is 10.8. The van der Waals surface area contributed by atoms with Gasteiger partial charge in [-0.3, -0.25) is 9.48 Å². The normalized spacial score (nSPS) is 15.9. The van der Waals surface area contributed by atoms with Crippen LogP contribution in [-0.2, 0) is 11.3 Å². The van der Waals surface area contributed by atoms with Gasteiger partial charge >= 0.3 is 0 Å². The van der Waals surface area contributed by atoms with E-state index in [1.807, 2.05) is 36.0 Å². The summed E-state index contributed by atoms with van der Waals surface area (Å²) < 4.78 is 1.64. The van der Waals surface area contributed by atoms with Crippen molar-refractivity contribution in [3.63, 3.8) is 0 Å². The highest BCUT2D eigenvalue weighted by Gasteiger charge is 2.28. The zero-order valence-electron chi connectivity index (χ0n) is 18.1. The van der Waals surface area contributed by atoms with Gasteiger partial charge in [0.05, 0.1) is 16.3 Å².